The molecule has 0 aliphatic heterocycles. The molecule has 52 heavy (non-hydrogen) atoms. The van der Waals surface area contributed by atoms with Crippen LogP contribution in [0.2, 0.25) is 0 Å². The molecule has 4 aromatic rings. The minimum absolute atomic E-state index is 0.0575. The van der Waals surface area contributed by atoms with E-state index in [1.54, 1.807) is 13.8 Å². The second-order valence-corrected chi connectivity index (χ2v) is 14.2. The lowest BCUT2D eigenvalue weighted by atomic mass is 9.75. The van der Waals surface area contributed by atoms with Crippen molar-refractivity contribution in [3.05, 3.63) is 129 Å². The number of hydrogen-bond donors (Lipinski definition) is 6. The monoisotopic (exact) mass is 696 g/mol. The molecule has 0 radical (unpaired) electrons. The van der Waals surface area contributed by atoms with Gasteiger partial charge in [-0.2, -0.15) is 0 Å². The number of allylic oxidation sites excluding steroid dienone is 4. The van der Waals surface area contributed by atoms with E-state index in [9.17, 15) is 30.0 Å². The minimum Gasteiger partial charge on any atom is -0.507 e. The third-order valence-corrected chi connectivity index (χ3v) is 9.98. The normalized spacial score (nSPS) is 16.0. The van der Waals surface area contributed by atoms with Crippen LogP contribution in [0.4, 0.5) is 11.4 Å². The maximum absolute atomic E-state index is 13.9. The summed E-state index contributed by atoms with van der Waals surface area (Å²) >= 11 is 0. The van der Waals surface area contributed by atoms with Crippen LogP contribution in [0, 0.1) is 39.5 Å². The molecule has 0 unspecified atom stereocenters. The van der Waals surface area contributed by atoms with E-state index in [4.69, 9.17) is 0 Å². The highest BCUT2D eigenvalue weighted by atomic mass is 16.3. The largest absolute Gasteiger partial charge is 0.507 e. The van der Waals surface area contributed by atoms with Crippen LogP contribution in [-0.4, -0.2) is 32.0 Å². The number of aromatic hydroxyl groups is 2. The van der Waals surface area contributed by atoms with Crippen LogP contribution in [0.15, 0.2) is 84.6 Å². The van der Waals surface area contributed by atoms with Crippen LogP contribution in [0.25, 0.3) is 33.4 Å². The summed E-state index contributed by atoms with van der Waals surface area (Å²) in [5.74, 6) is -3.08. The number of anilines is 2. The van der Waals surface area contributed by atoms with Crippen LogP contribution in [0.3, 0.4) is 0 Å². The van der Waals surface area contributed by atoms with Crippen molar-refractivity contribution in [2.45, 2.75) is 55.4 Å². The van der Waals surface area contributed by atoms with Crippen LogP contribution < -0.4 is 10.6 Å². The minimum atomic E-state index is -0.644. The molecular formula is C44H44N2O6. The number of aryl methyl sites for hydroxylation is 4. The number of hydrogen-bond acceptors (Lipinski definition) is 8. The maximum Gasteiger partial charge on any atom is 0.229 e. The number of phenolic OH excluding ortho intramolecular Hbond substituents is 2. The summed E-state index contributed by atoms with van der Waals surface area (Å²) in [5.41, 5.74) is 7.46. The van der Waals surface area contributed by atoms with E-state index in [1.807, 2.05) is 102 Å². The molecule has 0 aromatic heterocycles. The predicted molar refractivity (Wildman–Crippen MR) is 209 cm³/mol. The van der Waals surface area contributed by atoms with E-state index in [1.165, 1.54) is 12.4 Å². The molecule has 4 aromatic carbocycles. The van der Waals surface area contributed by atoms with Crippen molar-refractivity contribution in [2.75, 3.05) is 10.6 Å². The molecule has 0 saturated heterocycles. The second kappa shape index (κ2) is 13.6. The summed E-state index contributed by atoms with van der Waals surface area (Å²) in [6, 6.07) is 18.7. The highest BCUT2D eigenvalue weighted by Crippen LogP contribution is 2.53. The lowest BCUT2D eigenvalue weighted by Crippen LogP contribution is -2.20. The fourth-order valence-corrected chi connectivity index (χ4v) is 7.40. The van der Waals surface area contributed by atoms with Gasteiger partial charge in [-0.1, -0.05) is 76.2 Å². The summed E-state index contributed by atoms with van der Waals surface area (Å²) in [4.78, 5) is 27.8. The molecule has 2 aliphatic rings. The van der Waals surface area contributed by atoms with Crippen molar-refractivity contribution >= 4 is 45.2 Å². The summed E-state index contributed by atoms with van der Waals surface area (Å²) in [5, 5.41) is 53.5. The number of fused-ring (bicyclic) bond motifs is 2. The molecule has 0 bridgehead atoms. The van der Waals surface area contributed by atoms with Crippen LogP contribution in [0.1, 0.15) is 72.2 Å². The first-order valence-corrected chi connectivity index (χ1v) is 17.4. The zero-order chi connectivity index (χ0) is 37.8. The van der Waals surface area contributed by atoms with Gasteiger partial charge in [0.15, 0.2) is 11.5 Å². The van der Waals surface area contributed by atoms with Gasteiger partial charge >= 0.3 is 0 Å². The van der Waals surface area contributed by atoms with E-state index in [0.717, 1.165) is 22.5 Å². The molecule has 0 saturated carbocycles. The molecule has 0 amide bonds. The van der Waals surface area contributed by atoms with Crippen molar-refractivity contribution in [3.8, 4) is 22.6 Å². The first-order valence-electron chi connectivity index (χ1n) is 17.4. The van der Waals surface area contributed by atoms with E-state index < -0.39 is 11.6 Å². The molecule has 0 atom stereocenters. The highest BCUT2D eigenvalue weighted by molar-refractivity contribution is 6.35. The van der Waals surface area contributed by atoms with Crippen LogP contribution >= 0.6 is 0 Å². The Morgan fingerprint density at radius 3 is 1.19 bits per heavy atom. The molecular weight excluding hydrogens is 652 g/mol. The Morgan fingerprint density at radius 1 is 0.519 bits per heavy atom. The van der Waals surface area contributed by atoms with Gasteiger partial charge in [-0.3, -0.25) is 9.59 Å². The number of nitrogens with one attached hydrogen (secondary N) is 2. The maximum atomic E-state index is 13.9. The average molecular weight is 697 g/mol. The van der Waals surface area contributed by atoms with Gasteiger partial charge in [0.2, 0.25) is 11.6 Å². The van der Waals surface area contributed by atoms with Crippen molar-refractivity contribution in [3.63, 3.8) is 0 Å². The van der Waals surface area contributed by atoms with Crippen molar-refractivity contribution in [2.24, 2.45) is 11.8 Å². The Bertz CT molecular complexity index is 2160. The molecule has 0 fully saturated rings. The zero-order valence-electron chi connectivity index (χ0n) is 30.7. The number of rotatable bonds is 7. The van der Waals surface area contributed by atoms with E-state index in [0.29, 0.717) is 33.4 Å². The lowest BCUT2D eigenvalue weighted by Gasteiger charge is -2.29. The Balaban J connectivity index is 1.64. The number of ketones is 2. The molecule has 0 heterocycles. The van der Waals surface area contributed by atoms with Crippen molar-refractivity contribution in [1.82, 2.24) is 0 Å². The van der Waals surface area contributed by atoms with E-state index in [2.05, 4.69) is 10.6 Å². The molecule has 6 N–H and O–H groups in total. The first-order chi connectivity index (χ1) is 24.6. The van der Waals surface area contributed by atoms with Gasteiger partial charge in [0.05, 0.1) is 11.1 Å². The Kier molecular flexibility index (Phi) is 9.36. The van der Waals surface area contributed by atoms with E-state index >= 15 is 0 Å². The predicted octanol–water partition coefficient (Wildman–Crippen LogP) is 9.92. The lowest BCUT2D eigenvalue weighted by molar-refractivity contribution is -0.113. The number of benzene rings is 4. The number of carbonyl (C=O) groups is 2. The fourth-order valence-electron chi connectivity index (χ4n) is 7.40. The number of aliphatic hydroxyl groups excluding tert-OH is 2. The Hall–Kier alpha value is -6.02. The van der Waals surface area contributed by atoms with Crippen LogP contribution in [0.5, 0.6) is 11.5 Å². The number of Topliss-reactive ketones (excluding diaryl/α,β-unsaturated/α-hetero) is 2. The third kappa shape index (κ3) is 5.84. The summed E-state index contributed by atoms with van der Waals surface area (Å²) in [6.45, 7) is 14.9. The quantitative estimate of drug-likeness (QED) is 0.105. The number of para-hydroxylation sites is 2. The number of aliphatic hydroxyl groups is 2. The summed E-state index contributed by atoms with van der Waals surface area (Å²) in [6.07, 6.45) is 2.99. The van der Waals surface area contributed by atoms with Gasteiger partial charge in [0, 0.05) is 57.2 Å². The fraction of sp³-hybridized carbons (Fsp3) is 0.227. The summed E-state index contributed by atoms with van der Waals surface area (Å²) < 4.78 is 0. The van der Waals surface area contributed by atoms with Crippen LogP contribution in [-0.2, 0) is 9.59 Å². The Labute approximate surface area is 304 Å². The summed E-state index contributed by atoms with van der Waals surface area (Å²) in [7, 11) is 0. The molecule has 6 rings (SSSR count). The van der Waals surface area contributed by atoms with Crippen molar-refractivity contribution < 1.29 is 30.0 Å². The molecule has 8 heteroatoms. The van der Waals surface area contributed by atoms with Gasteiger partial charge in [-0.15, -0.1) is 0 Å². The second-order valence-electron chi connectivity index (χ2n) is 14.2. The number of phenols is 2. The highest BCUT2D eigenvalue weighted by Gasteiger charge is 2.38. The molecule has 266 valence electrons. The van der Waals surface area contributed by atoms with Gasteiger partial charge in [0.25, 0.3) is 0 Å². The average Bonchev–Trinajstić information content (AvgIpc) is 3.08. The van der Waals surface area contributed by atoms with Gasteiger partial charge in [-0.25, -0.2) is 0 Å². The standard InChI is InChI=1S/C44H44N2O6/c1-21(2)33-27-17-25(7)35(41(49)37(27)29(39(47)43(33)51)19-45-31-15-11-9-13-23(31)5)36-26(8)18-28-34(22(3)4)44(52)40(48)30(38(28)42(36)50)20-46-32-16-12-10-14-24(32)6/h9-22,45-46,49-52H,1-8H3/b29-19-,30-20-. The van der Waals surface area contributed by atoms with Gasteiger partial charge in [0.1, 0.15) is 11.5 Å². The SMILES string of the molecule is Cc1ccccc1N/C=C1\C(=O)C(O)=C(C(C)C)c2cc(C)c(-c3c(C)cc4c(c3O)/C(=C/Nc3ccccc3C)C(=O)C(O)=C4C(C)C)c(O)c21. The molecule has 0 spiro atoms. The van der Waals surface area contributed by atoms with Gasteiger partial charge < -0.3 is 31.1 Å². The topological polar surface area (TPSA) is 139 Å². The van der Waals surface area contributed by atoms with Crippen molar-refractivity contribution in [1.29, 1.82) is 0 Å². The smallest absolute Gasteiger partial charge is 0.229 e. The van der Waals surface area contributed by atoms with Gasteiger partial charge in [-0.05, 0) is 85.0 Å². The Morgan fingerprint density at radius 2 is 0.865 bits per heavy atom. The first kappa shape index (κ1) is 35.8. The number of carbonyl (C=O) groups excluding carboxylic acids is 2. The molecule has 8 nitrogen and oxygen atoms in total. The third-order valence-electron chi connectivity index (χ3n) is 9.98. The van der Waals surface area contributed by atoms with E-state index in [-0.39, 0.29) is 68.3 Å². The zero-order valence-corrected chi connectivity index (χ0v) is 30.7. The molecule has 2 aliphatic carbocycles.